The summed E-state index contributed by atoms with van der Waals surface area (Å²) < 4.78 is 10.9. The molecule has 0 aromatic heterocycles. The minimum Gasteiger partial charge on any atom is -0.493 e. The topological polar surface area (TPSA) is 44.5 Å². The predicted molar refractivity (Wildman–Crippen MR) is 65.9 cm³/mol. The molecule has 0 saturated carbocycles. The highest BCUT2D eigenvalue weighted by molar-refractivity contribution is 5.39. The molecule has 0 spiro atoms. The van der Waals surface area contributed by atoms with E-state index in [1.165, 1.54) is 0 Å². The highest BCUT2D eigenvalue weighted by Crippen LogP contribution is 2.26. The molecule has 1 atom stereocenters. The molecule has 0 bridgehead atoms. The van der Waals surface area contributed by atoms with E-state index in [1.54, 1.807) is 7.11 Å². The SMILES string of the molecule is CCCC(CN)COc1ccccc1OC. The number of rotatable bonds is 7. The Morgan fingerprint density at radius 1 is 1.25 bits per heavy atom. The molecule has 3 nitrogen and oxygen atoms in total. The molecule has 0 aliphatic heterocycles. The highest BCUT2D eigenvalue weighted by atomic mass is 16.5. The molecule has 0 aliphatic carbocycles. The second-order valence-electron chi connectivity index (χ2n) is 3.85. The van der Waals surface area contributed by atoms with Crippen molar-refractivity contribution < 1.29 is 9.47 Å². The number of hydrogen-bond donors (Lipinski definition) is 1. The summed E-state index contributed by atoms with van der Waals surface area (Å²) in [5.41, 5.74) is 5.68. The van der Waals surface area contributed by atoms with E-state index in [0.29, 0.717) is 19.1 Å². The summed E-state index contributed by atoms with van der Waals surface area (Å²) in [5, 5.41) is 0. The van der Waals surface area contributed by atoms with Crippen molar-refractivity contribution in [1.82, 2.24) is 0 Å². The second-order valence-corrected chi connectivity index (χ2v) is 3.85. The van der Waals surface area contributed by atoms with Crippen LogP contribution in [0.15, 0.2) is 24.3 Å². The number of benzene rings is 1. The van der Waals surface area contributed by atoms with E-state index in [-0.39, 0.29) is 0 Å². The lowest BCUT2D eigenvalue weighted by molar-refractivity contribution is 0.233. The van der Waals surface area contributed by atoms with Crippen LogP contribution in [-0.4, -0.2) is 20.3 Å². The van der Waals surface area contributed by atoms with Crippen LogP contribution in [0, 0.1) is 5.92 Å². The maximum atomic E-state index is 5.73. The second kappa shape index (κ2) is 7.12. The molecule has 90 valence electrons. The Balaban J connectivity index is 2.52. The normalized spacial score (nSPS) is 12.2. The van der Waals surface area contributed by atoms with Gasteiger partial charge in [-0.15, -0.1) is 0 Å². The van der Waals surface area contributed by atoms with Gasteiger partial charge in [0.05, 0.1) is 13.7 Å². The monoisotopic (exact) mass is 223 g/mol. The van der Waals surface area contributed by atoms with E-state index in [4.69, 9.17) is 15.2 Å². The highest BCUT2D eigenvalue weighted by Gasteiger charge is 2.08. The molecule has 1 aromatic rings. The molecule has 1 unspecified atom stereocenters. The molecular formula is C13H21NO2. The van der Waals surface area contributed by atoms with Crippen LogP contribution in [0.25, 0.3) is 0 Å². The first kappa shape index (κ1) is 12.8. The Morgan fingerprint density at radius 3 is 2.50 bits per heavy atom. The van der Waals surface area contributed by atoms with Crippen LogP contribution in [0.2, 0.25) is 0 Å². The van der Waals surface area contributed by atoms with Gasteiger partial charge in [0, 0.05) is 5.92 Å². The van der Waals surface area contributed by atoms with Crippen molar-refractivity contribution in [3.63, 3.8) is 0 Å². The Labute approximate surface area is 97.6 Å². The molecular weight excluding hydrogens is 202 g/mol. The van der Waals surface area contributed by atoms with Crippen molar-refractivity contribution in [2.45, 2.75) is 19.8 Å². The van der Waals surface area contributed by atoms with Gasteiger partial charge in [-0.05, 0) is 25.1 Å². The van der Waals surface area contributed by atoms with Gasteiger partial charge in [-0.3, -0.25) is 0 Å². The lowest BCUT2D eigenvalue weighted by Crippen LogP contribution is -2.21. The summed E-state index contributed by atoms with van der Waals surface area (Å²) in [5.74, 6) is 1.99. The quantitative estimate of drug-likeness (QED) is 0.772. The zero-order valence-corrected chi connectivity index (χ0v) is 10.1. The van der Waals surface area contributed by atoms with Crippen molar-refractivity contribution in [1.29, 1.82) is 0 Å². The van der Waals surface area contributed by atoms with Crippen LogP contribution in [0.3, 0.4) is 0 Å². The van der Waals surface area contributed by atoms with Gasteiger partial charge < -0.3 is 15.2 Å². The zero-order valence-electron chi connectivity index (χ0n) is 10.1. The smallest absolute Gasteiger partial charge is 0.161 e. The van der Waals surface area contributed by atoms with Gasteiger partial charge in [0.2, 0.25) is 0 Å². The standard InChI is InChI=1S/C13H21NO2/c1-3-6-11(9-14)10-16-13-8-5-4-7-12(13)15-2/h4-5,7-8,11H,3,6,9-10,14H2,1-2H3. The summed E-state index contributed by atoms with van der Waals surface area (Å²) in [6.45, 7) is 3.49. The van der Waals surface area contributed by atoms with Gasteiger partial charge >= 0.3 is 0 Å². The minimum absolute atomic E-state index is 0.426. The number of ether oxygens (including phenoxy) is 2. The summed E-state index contributed by atoms with van der Waals surface area (Å²) in [6, 6.07) is 7.68. The van der Waals surface area contributed by atoms with Crippen molar-refractivity contribution in [2.24, 2.45) is 11.7 Å². The van der Waals surface area contributed by atoms with Gasteiger partial charge in [-0.2, -0.15) is 0 Å². The van der Waals surface area contributed by atoms with Gasteiger partial charge in [-0.1, -0.05) is 25.5 Å². The maximum Gasteiger partial charge on any atom is 0.161 e. The summed E-state index contributed by atoms with van der Waals surface area (Å²) in [7, 11) is 1.65. The van der Waals surface area contributed by atoms with Crippen LogP contribution in [-0.2, 0) is 0 Å². The van der Waals surface area contributed by atoms with E-state index in [1.807, 2.05) is 24.3 Å². The van der Waals surface area contributed by atoms with E-state index >= 15 is 0 Å². The Hall–Kier alpha value is -1.22. The van der Waals surface area contributed by atoms with Crippen LogP contribution in [0.1, 0.15) is 19.8 Å². The van der Waals surface area contributed by atoms with Crippen LogP contribution >= 0.6 is 0 Å². The van der Waals surface area contributed by atoms with Crippen molar-refractivity contribution in [2.75, 3.05) is 20.3 Å². The molecule has 0 heterocycles. The third-order valence-electron chi connectivity index (χ3n) is 2.57. The number of para-hydroxylation sites is 2. The summed E-state index contributed by atoms with van der Waals surface area (Å²) >= 11 is 0. The molecule has 0 fully saturated rings. The van der Waals surface area contributed by atoms with Gasteiger partial charge in [0.1, 0.15) is 0 Å². The third kappa shape index (κ3) is 3.74. The van der Waals surface area contributed by atoms with Gasteiger partial charge in [-0.25, -0.2) is 0 Å². The molecule has 0 radical (unpaired) electrons. The van der Waals surface area contributed by atoms with Crippen molar-refractivity contribution in [3.8, 4) is 11.5 Å². The first-order valence-corrected chi connectivity index (χ1v) is 5.77. The molecule has 2 N–H and O–H groups in total. The molecule has 1 rings (SSSR count). The van der Waals surface area contributed by atoms with Crippen molar-refractivity contribution in [3.05, 3.63) is 24.3 Å². The molecule has 1 aromatic carbocycles. The van der Waals surface area contributed by atoms with Gasteiger partial charge in [0.25, 0.3) is 0 Å². The lowest BCUT2D eigenvalue weighted by Gasteiger charge is -2.16. The number of methoxy groups -OCH3 is 1. The minimum atomic E-state index is 0.426. The first-order chi connectivity index (χ1) is 7.81. The molecule has 0 saturated heterocycles. The Bertz CT molecular complexity index is 302. The molecule has 0 aliphatic rings. The predicted octanol–water partition coefficient (Wildman–Crippen LogP) is 2.45. The Morgan fingerprint density at radius 2 is 1.94 bits per heavy atom. The van der Waals surface area contributed by atoms with Gasteiger partial charge in [0.15, 0.2) is 11.5 Å². The van der Waals surface area contributed by atoms with Crippen LogP contribution in [0.5, 0.6) is 11.5 Å². The number of nitrogens with two attached hydrogens (primary N) is 1. The first-order valence-electron chi connectivity index (χ1n) is 5.77. The average molecular weight is 223 g/mol. The maximum absolute atomic E-state index is 5.73. The fraction of sp³-hybridized carbons (Fsp3) is 0.538. The molecule has 16 heavy (non-hydrogen) atoms. The van der Waals surface area contributed by atoms with Crippen molar-refractivity contribution >= 4 is 0 Å². The fourth-order valence-electron chi connectivity index (χ4n) is 1.62. The van der Waals surface area contributed by atoms with E-state index in [0.717, 1.165) is 24.3 Å². The number of hydrogen-bond acceptors (Lipinski definition) is 3. The third-order valence-corrected chi connectivity index (χ3v) is 2.57. The summed E-state index contributed by atoms with van der Waals surface area (Å²) in [4.78, 5) is 0. The largest absolute Gasteiger partial charge is 0.493 e. The lowest BCUT2D eigenvalue weighted by atomic mass is 10.1. The van der Waals surface area contributed by atoms with Crippen LogP contribution in [0.4, 0.5) is 0 Å². The van der Waals surface area contributed by atoms with Crippen LogP contribution < -0.4 is 15.2 Å². The van der Waals surface area contributed by atoms with E-state index < -0.39 is 0 Å². The average Bonchev–Trinajstić information content (AvgIpc) is 2.34. The molecule has 0 amide bonds. The fourth-order valence-corrected chi connectivity index (χ4v) is 1.62. The Kier molecular flexibility index (Phi) is 5.72. The zero-order chi connectivity index (χ0) is 11.8. The molecule has 3 heteroatoms. The summed E-state index contributed by atoms with van der Waals surface area (Å²) in [6.07, 6.45) is 2.24. The van der Waals surface area contributed by atoms with E-state index in [2.05, 4.69) is 6.92 Å². The van der Waals surface area contributed by atoms with E-state index in [9.17, 15) is 0 Å².